The van der Waals surface area contributed by atoms with Crippen LogP contribution in [0.1, 0.15) is 64.7 Å². The van der Waals surface area contributed by atoms with Crippen molar-refractivity contribution in [2.45, 2.75) is 75.6 Å². The highest BCUT2D eigenvalue weighted by Gasteiger charge is 2.22. The molecule has 16 heavy (non-hydrogen) atoms. The topological polar surface area (TPSA) is 29.1 Å². The molecule has 1 rings (SSSR count). The third-order valence-electron chi connectivity index (χ3n) is 3.29. The summed E-state index contributed by atoms with van der Waals surface area (Å²) in [5.41, 5.74) is 0. The molecule has 0 radical (unpaired) electrons. The summed E-state index contributed by atoms with van der Waals surface area (Å²) in [6.45, 7) is 2.16. The average molecular weight is 290 g/mol. The Hall–Kier alpha value is -0.0500. The molecule has 0 saturated heterocycles. The number of nitrogens with one attached hydrogen (secondary N) is 1. The van der Waals surface area contributed by atoms with Gasteiger partial charge in [0.1, 0.15) is 0 Å². The molecular weight excluding hydrogens is 266 g/mol. The van der Waals surface area contributed by atoms with E-state index in [0.717, 1.165) is 19.3 Å². The van der Waals surface area contributed by atoms with Gasteiger partial charge in [-0.15, -0.1) is 0 Å². The maximum absolute atomic E-state index is 11.7. The Morgan fingerprint density at radius 2 is 2.00 bits per heavy atom. The molecule has 0 aromatic heterocycles. The smallest absolute Gasteiger partial charge is 0.220 e. The Labute approximate surface area is 108 Å². The molecule has 1 saturated carbocycles. The summed E-state index contributed by atoms with van der Waals surface area (Å²) < 4.78 is 0. The van der Waals surface area contributed by atoms with Crippen LogP contribution in [0.15, 0.2) is 0 Å². The van der Waals surface area contributed by atoms with Gasteiger partial charge in [0.05, 0.1) is 0 Å². The van der Waals surface area contributed by atoms with E-state index in [0.29, 0.717) is 17.3 Å². The van der Waals surface area contributed by atoms with Crippen molar-refractivity contribution in [3.05, 3.63) is 0 Å². The van der Waals surface area contributed by atoms with Crippen molar-refractivity contribution in [1.29, 1.82) is 0 Å². The average Bonchev–Trinajstić information content (AvgIpc) is 2.45. The van der Waals surface area contributed by atoms with Crippen LogP contribution in [-0.2, 0) is 4.79 Å². The zero-order chi connectivity index (χ0) is 11.8. The lowest BCUT2D eigenvalue weighted by molar-refractivity contribution is -0.121. The van der Waals surface area contributed by atoms with Gasteiger partial charge in [-0.3, -0.25) is 4.79 Å². The van der Waals surface area contributed by atoms with E-state index in [4.69, 9.17) is 0 Å². The van der Waals surface area contributed by atoms with Crippen LogP contribution in [0.25, 0.3) is 0 Å². The molecule has 3 heteroatoms. The van der Waals surface area contributed by atoms with E-state index in [9.17, 15) is 4.79 Å². The molecule has 2 atom stereocenters. The molecule has 1 N–H and O–H groups in total. The minimum atomic E-state index is 0.241. The summed E-state index contributed by atoms with van der Waals surface area (Å²) in [5.74, 6) is 0.241. The number of hydrogen-bond donors (Lipinski definition) is 1. The summed E-state index contributed by atoms with van der Waals surface area (Å²) in [5, 5.41) is 3.18. The summed E-state index contributed by atoms with van der Waals surface area (Å²) in [6, 6.07) is 0.358. The van der Waals surface area contributed by atoms with Crippen molar-refractivity contribution in [2.75, 3.05) is 0 Å². The number of alkyl halides is 1. The quantitative estimate of drug-likeness (QED) is 0.466. The lowest BCUT2D eigenvalue weighted by atomic mass is 10.1. The van der Waals surface area contributed by atoms with Crippen LogP contribution in [0.2, 0.25) is 0 Å². The van der Waals surface area contributed by atoms with Crippen LogP contribution in [0.3, 0.4) is 0 Å². The molecule has 0 spiro atoms. The fraction of sp³-hybridized carbons (Fsp3) is 0.923. The number of hydrogen-bond acceptors (Lipinski definition) is 1. The minimum Gasteiger partial charge on any atom is -0.352 e. The molecule has 94 valence electrons. The summed E-state index contributed by atoms with van der Waals surface area (Å²) in [4.78, 5) is 12.2. The number of rotatable bonds is 5. The monoisotopic (exact) mass is 289 g/mol. The first-order valence-corrected chi connectivity index (χ1v) is 7.59. The first kappa shape index (κ1) is 14.0. The van der Waals surface area contributed by atoms with Crippen molar-refractivity contribution in [2.24, 2.45) is 0 Å². The van der Waals surface area contributed by atoms with Gasteiger partial charge in [-0.25, -0.2) is 0 Å². The van der Waals surface area contributed by atoms with Gasteiger partial charge >= 0.3 is 0 Å². The Kier molecular flexibility index (Phi) is 7.10. The normalized spacial score (nSPS) is 26.1. The summed E-state index contributed by atoms with van der Waals surface area (Å²) in [6.07, 6.45) is 10.2. The maximum Gasteiger partial charge on any atom is 0.220 e. The molecule has 1 aliphatic carbocycles. The lowest BCUT2D eigenvalue weighted by Crippen LogP contribution is -2.40. The summed E-state index contributed by atoms with van der Waals surface area (Å²) >= 11 is 3.70. The Morgan fingerprint density at radius 1 is 1.25 bits per heavy atom. The van der Waals surface area contributed by atoms with Crippen molar-refractivity contribution in [3.8, 4) is 0 Å². The number of unbranched alkanes of at least 4 members (excludes halogenated alkanes) is 2. The van der Waals surface area contributed by atoms with Crippen molar-refractivity contribution >= 4 is 21.8 Å². The van der Waals surface area contributed by atoms with Gasteiger partial charge in [0, 0.05) is 17.3 Å². The van der Waals surface area contributed by atoms with Crippen LogP contribution in [0.5, 0.6) is 0 Å². The van der Waals surface area contributed by atoms with E-state index in [1.807, 2.05) is 0 Å². The molecule has 1 amide bonds. The molecule has 1 fully saturated rings. The number of carbonyl (C=O) groups is 1. The van der Waals surface area contributed by atoms with Crippen LogP contribution in [-0.4, -0.2) is 16.8 Å². The maximum atomic E-state index is 11.7. The highest BCUT2D eigenvalue weighted by Crippen LogP contribution is 2.23. The SMILES string of the molecule is CCCCCC(=O)NC1CCCCCC1Br. The molecule has 0 bridgehead atoms. The zero-order valence-corrected chi connectivity index (χ0v) is 11.9. The largest absolute Gasteiger partial charge is 0.352 e. The molecule has 0 aliphatic heterocycles. The molecule has 0 aromatic rings. The third-order valence-corrected chi connectivity index (χ3v) is 4.38. The van der Waals surface area contributed by atoms with Gasteiger partial charge in [0.2, 0.25) is 5.91 Å². The van der Waals surface area contributed by atoms with Crippen LogP contribution in [0, 0.1) is 0 Å². The van der Waals surface area contributed by atoms with Gasteiger partial charge in [0.15, 0.2) is 0 Å². The van der Waals surface area contributed by atoms with E-state index < -0.39 is 0 Å². The third kappa shape index (κ3) is 5.33. The van der Waals surface area contributed by atoms with Gasteiger partial charge in [-0.1, -0.05) is 55.0 Å². The van der Waals surface area contributed by atoms with Gasteiger partial charge < -0.3 is 5.32 Å². The summed E-state index contributed by atoms with van der Waals surface area (Å²) in [7, 11) is 0. The van der Waals surface area contributed by atoms with E-state index >= 15 is 0 Å². The molecule has 0 heterocycles. The van der Waals surface area contributed by atoms with Gasteiger partial charge in [-0.05, 0) is 19.3 Å². The first-order chi connectivity index (χ1) is 7.74. The fourth-order valence-corrected chi connectivity index (χ4v) is 2.96. The fourth-order valence-electron chi connectivity index (χ4n) is 2.24. The molecule has 2 unspecified atom stereocenters. The highest BCUT2D eigenvalue weighted by molar-refractivity contribution is 9.09. The first-order valence-electron chi connectivity index (χ1n) is 6.67. The van der Waals surface area contributed by atoms with E-state index in [2.05, 4.69) is 28.2 Å². The number of amides is 1. The molecule has 2 nitrogen and oxygen atoms in total. The van der Waals surface area contributed by atoms with Crippen LogP contribution < -0.4 is 5.32 Å². The Morgan fingerprint density at radius 3 is 2.75 bits per heavy atom. The second kappa shape index (κ2) is 8.10. The van der Waals surface area contributed by atoms with E-state index in [1.54, 1.807) is 0 Å². The predicted octanol–water partition coefficient (Wildman–Crippen LogP) is 3.78. The van der Waals surface area contributed by atoms with E-state index in [-0.39, 0.29) is 5.91 Å². The van der Waals surface area contributed by atoms with Crippen molar-refractivity contribution in [3.63, 3.8) is 0 Å². The predicted molar refractivity (Wildman–Crippen MR) is 71.9 cm³/mol. The molecule has 0 aromatic carbocycles. The van der Waals surface area contributed by atoms with Crippen LogP contribution in [0.4, 0.5) is 0 Å². The van der Waals surface area contributed by atoms with Gasteiger partial charge in [-0.2, -0.15) is 0 Å². The van der Waals surface area contributed by atoms with E-state index in [1.165, 1.54) is 32.1 Å². The minimum absolute atomic E-state index is 0.241. The number of halogens is 1. The number of carbonyl (C=O) groups excluding carboxylic acids is 1. The van der Waals surface area contributed by atoms with Gasteiger partial charge in [0.25, 0.3) is 0 Å². The van der Waals surface area contributed by atoms with Crippen molar-refractivity contribution < 1.29 is 4.79 Å². The lowest BCUT2D eigenvalue weighted by Gasteiger charge is -2.21. The Bertz CT molecular complexity index is 208. The Balaban J connectivity index is 2.25. The second-order valence-corrected chi connectivity index (χ2v) is 5.96. The molecule has 1 aliphatic rings. The molecular formula is C13H24BrNO. The second-order valence-electron chi connectivity index (χ2n) is 4.79. The standard InChI is InChI=1S/C13H24BrNO/c1-2-3-5-10-13(16)15-12-9-7-4-6-8-11(12)14/h11-12H,2-10H2,1H3,(H,15,16). The van der Waals surface area contributed by atoms with Crippen LogP contribution >= 0.6 is 15.9 Å². The highest BCUT2D eigenvalue weighted by atomic mass is 79.9. The van der Waals surface area contributed by atoms with Crippen molar-refractivity contribution in [1.82, 2.24) is 5.32 Å². The zero-order valence-electron chi connectivity index (χ0n) is 10.3.